The molecule has 1 unspecified atom stereocenters. The van der Waals surface area contributed by atoms with Crippen molar-refractivity contribution >= 4 is 0 Å². The molecule has 3 heteroatoms. The summed E-state index contributed by atoms with van der Waals surface area (Å²) < 4.78 is 5.91. The maximum Gasteiger partial charge on any atom is 0.104 e. The monoisotopic (exact) mass is 252 g/mol. The molecular weight excluding hydrogens is 224 g/mol. The minimum Gasteiger partial charge on any atom is -0.378 e. The lowest BCUT2D eigenvalue weighted by atomic mass is 9.89. The van der Waals surface area contributed by atoms with Crippen LogP contribution in [-0.4, -0.2) is 24.8 Å². The summed E-state index contributed by atoms with van der Waals surface area (Å²) >= 11 is 0. The average molecular weight is 252 g/mol. The molecule has 0 aliphatic heterocycles. The van der Waals surface area contributed by atoms with E-state index in [0.29, 0.717) is 6.10 Å². The number of nitrogens with zero attached hydrogens (tertiary/aromatic N) is 1. The third kappa shape index (κ3) is 5.37. The SMILES string of the molecule is CCNC(C)(C#N)CCCOC1CCC(C)CC1. The van der Waals surface area contributed by atoms with Gasteiger partial charge in [-0.3, -0.25) is 5.32 Å². The van der Waals surface area contributed by atoms with Gasteiger partial charge in [0.05, 0.1) is 12.2 Å². The van der Waals surface area contributed by atoms with Crippen LogP contribution in [0.4, 0.5) is 0 Å². The summed E-state index contributed by atoms with van der Waals surface area (Å²) in [6, 6.07) is 2.36. The summed E-state index contributed by atoms with van der Waals surface area (Å²) in [6.07, 6.45) is 7.32. The Morgan fingerprint density at radius 1 is 1.33 bits per heavy atom. The smallest absolute Gasteiger partial charge is 0.104 e. The number of hydrogen-bond donors (Lipinski definition) is 1. The lowest BCUT2D eigenvalue weighted by Crippen LogP contribution is -2.40. The normalized spacial score (nSPS) is 27.4. The van der Waals surface area contributed by atoms with Crippen LogP contribution >= 0.6 is 0 Å². The molecule has 0 aromatic heterocycles. The van der Waals surface area contributed by atoms with Crippen molar-refractivity contribution in [2.75, 3.05) is 13.2 Å². The van der Waals surface area contributed by atoms with Gasteiger partial charge < -0.3 is 4.74 Å². The molecule has 1 saturated carbocycles. The molecule has 1 aliphatic carbocycles. The number of hydrogen-bond acceptors (Lipinski definition) is 3. The lowest BCUT2D eigenvalue weighted by molar-refractivity contribution is 0.0165. The first-order valence-corrected chi connectivity index (χ1v) is 7.37. The van der Waals surface area contributed by atoms with Crippen LogP contribution in [0.5, 0.6) is 0 Å². The van der Waals surface area contributed by atoms with Crippen LogP contribution in [0.3, 0.4) is 0 Å². The largest absolute Gasteiger partial charge is 0.378 e. The van der Waals surface area contributed by atoms with Crippen LogP contribution in [0.2, 0.25) is 0 Å². The van der Waals surface area contributed by atoms with E-state index in [9.17, 15) is 0 Å². The molecule has 0 saturated heterocycles. The predicted octanol–water partition coefficient (Wildman–Crippen LogP) is 3.25. The molecule has 0 spiro atoms. The number of nitrogens with one attached hydrogen (secondary N) is 1. The second-order valence-electron chi connectivity index (χ2n) is 5.83. The fourth-order valence-electron chi connectivity index (χ4n) is 2.65. The van der Waals surface area contributed by atoms with Gasteiger partial charge in [-0.25, -0.2) is 0 Å². The molecule has 0 bridgehead atoms. The standard InChI is InChI=1S/C15H28N2O/c1-4-17-15(3,12-16)10-5-11-18-14-8-6-13(2)7-9-14/h13-14,17H,4-11H2,1-3H3. The van der Waals surface area contributed by atoms with Gasteiger partial charge >= 0.3 is 0 Å². The average Bonchev–Trinajstić information content (AvgIpc) is 2.37. The van der Waals surface area contributed by atoms with Crippen molar-refractivity contribution in [2.24, 2.45) is 5.92 Å². The molecule has 1 rings (SSSR count). The molecule has 0 heterocycles. The Balaban J connectivity index is 2.13. The van der Waals surface area contributed by atoms with E-state index in [1.54, 1.807) is 0 Å². The van der Waals surface area contributed by atoms with E-state index in [4.69, 9.17) is 10.00 Å². The van der Waals surface area contributed by atoms with Crippen LogP contribution in [0.25, 0.3) is 0 Å². The summed E-state index contributed by atoms with van der Waals surface area (Å²) in [5.41, 5.74) is -0.390. The molecule has 1 aliphatic rings. The van der Waals surface area contributed by atoms with E-state index >= 15 is 0 Å². The Kier molecular flexibility index (Phi) is 6.67. The summed E-state index contributed by atoms with van der Waals surface area (Å²) in [5.74, 6) is 0.875. The van der Waals surface area contributed by atoms with E-state index in [2.05, 4.69) is 18.3 Å². The highest BCUT2D eigenvalue weighted by molar-refractivity contribution is 5.03. The first-order chi connectivity index (χ1) is 8.59. The second-order valence-corrected chi connectivity index (χ2v) is 5.83. The van der Waals surface area contributed by atoms with Crippen molar-refractivity contribution in [2.45, 2.75) is 70.9 Å². The second kappa shape index (κ2) is 7.76. The molecule has 1 atom stereocenters. The highest BCUT2D eigenvalue weighted by atomic mass is 16.5. The van der Waals surface area contributed by atoms with Gasteiger partial charge in [0.1, 0.15) is 5.54 Å². The van der Waals surface area contributed by atoms with Crippen LogP contribution in [0.15, 0.2) is 0 Å². The topological polar surface area (TPSA) is 45.0 Å². The van der Waals surface area contributed by atoms with Crippen molar-refractivity contribution in [3.05, 3.63) is 0 Å². The summed E-state index contributed by atoms with van der Waals surface area (Å²) in [5, 5.41) is 12.4. The molecule has 0 aromatic rings. The highest BCUT2D eigenvalue weighted by Crippen LogP contribution is 2.25. The van der Waals surface area contributed by atoms with Crippen LogP contribution < -0.4 is 5.32 Å². The van der Waals surface area contributed by atoms with Gasteiger partial charge in [0, 0.05) is 6.61 Å². The Morgan fingerprint density at radius 2 is 2.00 bits per heavy atom. The van der Waals surface area contributed by atoms with E-state index in [1.807, 2.05) is 13.8 Å². The summed E-state index contributed by atoms with van der Waals surface area (Å²) in [7, 11) is 0. The molecule has 1 N–H and O–H groups in total. The zero-order valence-corrected chi connectivity index (χ0v) is 12.2. The zero-order valence-electron chi connectivity index (χ0n) is 12.2. The molecular formula is C15H28N2O. The van der Waals surface area contributed by atoms with Gasteiger partial charge in [0.25, 0.3) is 0 Å². The third-order valence-electron chi connectivity index (χ3n) is 3.95. The molecule has 0 aromatic carbocycles. The quantitative estimate of drug-likeness (QED) is 0.707. The van der Waals surface area contributed by atoms with Gasteiger partial charge in [0.2, 0.25) is 0 Å². The first-order valence-electron chi connectivity index (χ1n) is 7.37. The van der Waals surface area contributed by atoms with Crippen LogP contribution in [-0.2, 0) is 4.74 Å². The zero-order chi connectivity index (χ0) is 13.4. The predicted molar refractivity (Wildman–Crippen MR) is 74.3 cm³/mol. The van der Waals surface area contributed by atoms with Gasteiger partial charge in [-0.05, 0) is 57.9 Å². The number of rotatable bonds is 7. The molecule has 0 radical (unpaired) electrons. The van der Waals surface area contributed by atoms with Crippen molar-refractivity contribution < 1.29 is 4.74 Å². The van der Waals surface area contributed by atoms with Crippen LogP contribution in [0.1, 0.15) is 59.3 Å². The van der Waals surface area contributed by atoms with E-state index < -0.39 is 0 Å². The minimum atomic E-state index is -0.390. The van der Waals surface area contributed by atoms with Gasteiger partial charge in [-0.2, -0.15) is 5.26 Å². The first kappa shape index (κ1) is 15.5. The number of ether oxygens (including phenoxy) is 1. The van der Waals surface area contributed by atoms with Crippen LogP contribution in [0, 0.1) is 17.2 Å². The maximum absolute atomic E-state index is 9.14. The molecule has 1 fully saturated rings. The van der Waals surface area contributed by atoms with Crippen molar-refractivity contribution in [1.29, 1.82) is 5.26 Å². The van der Waals surface area contributed by atoms with E-state index in [-0.39, 0.29) is 5.54 Å². The van der Waals surface area contributed by atoms with E-state index in [0.717, 1.165) is 31.9 Å². The molecule has 0 amide bonds. The Labute approximate surface area is 112 Å². The Hall–Kier alpha value is -0.590. The third-order valence-corrected chi connectivity index (χ3v) is 3.95. The van der Waals surface area contributed by atoms with Crippen molar-refractivity contribution in [1.82, 2.24) is 5.32 Å². The molecule has 18 heavy (non-hydrogen) atoms. The maximum atomic E-state index is 9.14. The van der Waals surface area contributed by atoms with Gasteiger partial charge in [-0.15, -0.1) is 0 Å². The van der Waals surface area contributed by atoms with Gasteiger partial charge in [-0.1, -0.05) is 13.8 Å². The molecule has 3 nitrogen and oxygen atoms in total. The fraction of sp³-hybridized carbons (Fsp3) is 0.933. The Bertz CT molecular complexity index is 266. The van der Waals surface area contributed by atoms with Gasteiger partial charge in [0.15, 0.2) is 0 Å². The summed E-state index contributed by atoms with van der Waals surface area (Å²) in [4.78, 5) is 0. The fourth-order valence-corrected chi connectivity index (χ4v) is 2.65. The lowest BCUT2D eigenvalue weighted by Gasteiger charge is -2.27. The minimum absolute atomic E-state index is 0.390. The van der Waals surface area contributed by atoms with Crippen molar-refractivity contribution in [3.8, 4) is 6.07 Å². The van der Waals surface area contributed by atoms with E-state index in [1.165, 1.54) is 25.7 Å². The highest BCUT2D eigenvalue weighted by Gasteiger charge is 2.22. The Morgan fingerprint density at radius 3 is 2.56 bits per heavy atom. The number of nitriles is 1. The molecule has 104 valence electrons. The summed E-state index contributed by atoms with van der Waals surface area (Å²) in [6.45, 7) is 7.96. The van der Waals surface area contributed by atoms with Crippen molar-refractivity contribution in [3.63, 3.8) is 0 Å².